The monoisotopic (exact) mass is 358 g/mol. The lowest BCUT2D eigenvalue weighted by molar-refractivity contribution is 0.790. The van der Waals surface area contributed by atoms with Crippen LogP contribution in [0.1, 0.15) is 11.6 Å². The first-order valence-electron chi connectivity index (χ1n) is 5.78. The Morgan fingerprint density at radius 1 is 1.11 bits per heavy atom. The molecule has 2 rings (SSSR count). The summed E-state index contributed by atoms with van der Waals surface area (Å²) in [6.07, 6.45) is 0. The van der Waals surface area contributed by atoms with Crippen LogP contribution in [0.3, 0.4) is 0 Å². The zero-order chi connectivity index (χ0) is 13.8. The molecule has 2 nitrogen and oxygen atoms in total. The molecule has 0 saturated heterocycles. The molecule has 5 heteroatoms. The molecule has 0 aliphatic heterocycles. The van der Waals surface area contributed by atoms with E-state index in [0.717, 1.165) is 15.7 Å². The molecule has 0 spiro atoms. The van der Waals surface area contributed by atoms with Crippen LogP contribution in [-0.4, -0.2) is 6.54 Å². The van der Waals surface area contributed by atoms with Crippen molar-refractivity contribution in [2.75, 3.05) is 11.9 Å². The Hall–Kier alpha value is -0.740. The summed E-state index contributed by atoms with van der Waals surface area (Å²) >= 11 is 15.8. The van der Waals surface area contributed by atoms with Crippen molar-refractivity contribution in [3.8, 4) is 0 Å². The summed E-state index contributed by atoms with van der Waals surface area (Å²) in [6, 6.07) is 13.2. The minimum absolute atomic E-state index is 0.0829. The number of rotatable bonds is 4. The van der Waals surface area contributed by atoms with Crippen LogP contribution in [0.5, 0.6) is 0 Å². The van der Waals surface area contributed by atoms with Crippen LogP contribution in [0.25, 0.3) is 0 Å². The van der Waals surface area contributed by atoms with E-state index >= 15 is 0 Å². The summed E-state index contributed by atoms with van der Waals surface area (Å²) in [7, 11) is 0. The van der Waals surface area contributed by atoms with Gasteiger partial charge in [0.15, 0.2) is 0 Å². The van der Waals surface area contributed by atoms with E-state index < -0.39 is 0 Å². The van der Waals surface area contributed by atoms with E-state index in [0.29, 0.717) is 16.6 Å². The summed E-state index contributed by atoms with van der Waals surface area (Å²) in [5.41, 5.74) is 7.63. The molecule has 0 amide bonds. The molecule has 0 fully saturated rings. The second kappa shape index (κ2) is 6.62. The largest absolute Gasteiger partial charge is 0.376 e. The molecule has 0 heterocycles. The highest BCUT2D eigenvalue weighted by molar-refractivity contribution is 9.10. The highest BCUT2D eigenvalue weighted by atomic mass is 79.9. The Kier molecular flexibility index (Phi) is 5.11. The molecule has 19 heavy (non-hydrogen) atoms. The zero-order valence-electron chi connectivity index (χ0n) is 10.0. The van der Waals surface area contributed by atoms with Crippen molar-refractivity contribution in [1.29, 1.82) is 0 Å². The Morgan fingerprint density at radius 3 is 2.47 bits per heavy atom. The molecular weight excluding hydrogens is 347 g/mol. The quantitative estimate of drug-likeness (QED) is 0.817. The average molecular weight is 360 g/mol. The fourth-order valence-corrected chi connectivity index (χ4v) is 2.81. The number of hydrogen-bond donors (Lipinski definition) is 2. The van der Waals surface area contributed by atoms with E-state index in [1.54, 1.807) is 0 Å². The van der Waals surface area contributed by atoms with E-state index in [9.17, 15) is 0 Å². The molecule has 0 radical (unpaired) electrons. The van der Waals surface area contributed by atoms with Gasteiger partial charge in [0.05, 0.1) is 16.8 Å². The molecule has 3 N–H and O–H groups in total. The average Bonchev–Trinajstić information content (AvgIpc) is 2.39. The third kappa shape index (κ3) is 3.63. The number of anilines is 1. The Morgan fingerprint density at radius 2 is 1.84 bits per heavy atom. The van der Waals surface area contributed by atoms with E-state index in [-0.39, 0.29) is 6.04 Å². The van der Waals surface area contributed by atoms with Crippen molar-refractivity contribution in [1.82, 2.24) is 0 Å². The van der Waals surface area contributed by atoms with Crippen molar-refractivity contribution >= 4 is 44.8 Å². The lowest BCUT2D eigenvalue weighted by Gasteiger charge is -2.20. The second-order valence-electron chi connectivity index (χ2n) is 4.08. The molecule has 2 aromatic carbocycles. The highest BCUT2D eigenvalue weighted by Gasteiger charge is 2.14. The van der Waals surface area contributed by atoms with Crippen LogP contribution in [0.15, 0.2) is 46.9 Å². The molecule has 100 valence electrons. The Bertz CT molecular complexity index is 575. The standard InChI is InChI=1S/C14H13BrCl2N2/c15-9-5-6-10(12(17)7-9)14(8-18)19-13-4-2-1-3-11(13)16/h1-7,14,19H,8,18H2. The lowest BCUT2D eigenvalue weighted by atomic mass is 10.1. The summed E-state index contributed by atoms with van der Waals surface area (Å²) in [5.74, 6) is 0. The number of benzene rings is 2. The molecule has 0 aliphatic rings. The van der Waals surface area contributed by atoms with Crippen LogP contribution >= 0.6 is 39.1 Å². The smallest absolute Gasteiger partial charge is 0.0651 e. The van der Waals surface area contributed by atoms with Crippen LogP contribution < -0.4 is 11.1 Å². The molecule has 1 unspecified atom stereocenters. The molecule has 0 bridgehead atoms. The molecule has 1 atom stereocenters. The van der Waals surface area contributed by atoms with Crippen LogP contribution in [0, 0.1) is 0 Å². The van der Waals surface area contributed by atoms with Crippen LogP contribution in [-0.2, 0) is 0 Å². The maximum absolute atomic E-state index is 6.25. The molecule has 0 saturated carbocycles. The van der Waals surface area contributed by atoms with Crippen molar-refractivity contribution < 1.29 is 0 Å². The van der Waals surface area contributed by atoms with Crippen molar-refractivity contribution in [2.45, 2.75) is 6.04 Å². The fourth-order valence-electron chi connectivity index (χ4n) is 1.81. The van der Waals surface area contributed by atoms with Gasteiger partial charge in [0.1, 0.15) is 0 Å². The normalized spacial score (nSPS) is 12.2. The van der Waals surface area contributed by atoms with Gasteiger partial charge in [0.25, 0.3) is 0 Å². The summed E-state index contributed by atoms with van der Waals surface area (Å²) in [5, 5.41) is 4.65. The van der Waals surface area contributed by atoms with Gasteiger partial charge in [-0.15, -0.1) is 0 Å². The minimum atomic E-state index is -0.0829. The number of nitrogens with two attached hydrogens (primary N) is 1. The van der Waals surface area contributed by atoms with Gasteiger partial charge in [0.2, 0.25) is 0 Å². The van der Waals surface area contributed by atoms with Gasteiger partial charge in [0, 0.05) is 16.0 Å². The topological polar surface area (TPSA) is 38.0 Å². The number of hydrogen-bond acceptors (Lipinski definition) is 2. The summed E-state index contributed by atoms with van der Waals surface area (Å²) in [4.78, 5) is 0. The molecular formula is C14H13BrCl2N2. The number of para-hydroxylation sites is 1. The maximum Gasteiger partial charge on any atom is 0.0651 e. The molecule has 2 aromatic rings. The van der Waals surface area contributed by atoms with Crippen LogP contribution in [0.2, 0.25) is 10.0 Å². The van der Waals surface area contributed by atoms with Crippen LogP contribution in [0.4, 0.5) is 5.69 Å². The highest BCUT2D eigenvalue weighted by Crippen LogP contribution is 2.30. The number of halogens is 3. The Balaban J connectivity index is 2.28. The van der Waals surface area contributed by atoms with Gasteiger partial charge in [-0.25, -0.2) is 0 Å². The SMILES string of the molecule is NCC(Nc1ccccc1Cl)c1ccc(Br)cc1Cl. The third-order valence-corrected chi connectivity index (χ3v) is 3.93. The Labute approximate surface area is 131 Å². The van der Waals surface area contributed by atoms with E-state index in [1.807, 2.05) is 42.5 Å². The zero-order valence-corrected chi connectivity index (χ0v) is 13.1. The van der Waals surface area contributed by atoms with Crippen molar-refractivity contribution in [2.24, 2.45) is 5.73 Å². The number of nitrogens with one attached hydrogen (secondary N) is 1. The lowest BCUT2D eigenvalue weighted by Crippen LogP contribution is -2.21. The summed E-state index contributed by atoms with van der Waals surface area (Å²) in [6.45, 7) is 0.423. The first-order valence-corrected chi connectivity index (χ1v) is 7.33. The van der Waals surface area contributed by atoms with Crippen molar-refractivity contribution in [3.63, 3.8) is 0 Å². The minimum Gasteiger partial charge on any atom is -0.376 e. The van der Waals surface area contributed by atoms with E-state index in [2.05, 4.69) is 21.2 Å². The van der Waals surface area contributed by atoms with Gasteiger partial charge < -0.3 is 11.1 Å². The predicted molar refractivity (Wildman–Crippen MR) is 86.0 cm³/mol. The summed E-state index contributed by atoms with van der Waals surface area (Å²) < 4.78 is 0.940. The first-order chi connectivity index (χ1) is 9.11. The predicted octanol–water partition coefficient (Wildman–Crippen LogP) is 4.87. The fraction of sp³-hybridized carbons (Fsp3) is 0.143. The molecule has 0 aliphatic carbocycles. The maximum atomic E-state index is 6.25. The van der Waals surface area contributed by atoms with Gasteiger partial charge in [-0.3, -0.25) is 0 Å². The van der Waals surface area contributed by atoms with Crippen molar-refractivity contribution in [3.05, 3.63) is 62.5 Å². The first kappa shape index (κ1) is 14.7. The van der Waals surface area contributed by atoms with Gasteiger partial charge >= 0.3 is 0 Å². The third-order valence-electron chi connectivity index (χ3n) is 2.78. The van der Waals surface area contributed by atoms with E-state index in [1.165, 1.54) is 0 Å². The van der Waals surface area contributed by atoms with Gasteiger partial charge in [-0.2, -0.15) is 0 Å². The van der Waals surface area contributed by atoms with Gasteiger partial charge in [-0.05, 0) is 29.8 Å². The van der Waals surface area contributed by atoms with E-state index in [4.69, 9.17) is 28.9 Å². The van der Waals surface area contributed by atoms with Gasteiger partial charge in [-0.1, -0.05) is 57.3 Å². The second-order valence-corrected chi connectivity index (χ2v) is 5.81. The molecule has 0 aromatic heterocycles.